The number of H-pyrrole nitrogens is 1. The molecular weight excluding hydrogens is 388 g/mol. The zero-order valence-corrected chi connectivity index (χ0v) is 16.5. The molecule has 1 fully saturated rings. The average Bonchev–Trinajstić information content (AvgIpc) is 3.36. The smallest absolute Gasteiger partial charge is 0.417 e. The molecule has 1 aromatic heterocycles. The third-order valence-electron chi connectivity index (χ3n) is 5.53. The van der Waals surface area contributed by atoms with Gasteiger partial charge in [-0.1, -0.05) is 0 Å². The second kappa shape index (κ2) is 7.33. The summed E-state index contributed by atoms with van der Waals surface area (Å²) in [5.74, 6) is 1.07. The molecule has 0 aliphatic carbocycles. The minimum atomic E-state index is -0.493. The molecule has 2 aromatic carbocycles. The summed E-state index contributed by atoms with van der Waals surface area (Å²) in [6.07, 6.45) is 0. The van der Waals surface area contributed by atoms with Crippen LogP contribution in [-0.2, 0) is 4.79 Å². The van der Waals surface area contributed by atoms with Crippen molar-refractivity contribution in [3.05, 3.63) is 46.9 Å². The number of carbonyl (C=O) groups is 1. The van der Waals surface area contributed by atoms with Crippen LogP contribution in [0.1, 0.15) is 6.92 Å². The van der Waals surface area contributed by atoms with Crippen molar-refractivity contribution in [2.75, 3.05) is 43.2 Å². The summed E-state index contributed by atoms with van der Waals surface area (Å²) in [7, 11) is 0. The number of carbonyl (C=O) groups excluding carboxylic acids is 1. The summed E-state index contributed by atoms with van der Waals surface area (Å²) >= 11 is 0. The Morgan fingerprint density at radius 3 is 2.90 bits per heavy atom. The maximum atomic E-state index is 12.7. The van der Waals surface area contributed by atoms with Gasteiger partial charge < -0.3 is 29.0 Å². The quantitative estimate of drug-likeness (QED) is 0.679. The molecule has 0 radical (unpaired) electrons. The number of nitrogens with zero attached hydrogens (tertiary/aromatic N) is 2. The normalized spacial score (nSPS) is 18.1. The minimum Gasteiger partial charge on any atom is -0.454 e. The third kappa shape index (κ3) is 3.42. The van der Waals surface area contributed by atoms with E-state index in [2.05, 4.69) is 22.1 Å². The minimum absolute atomic E-state index is 0.0304. The van der Waals surface area contributed by atoms with Crippen LogP contribution in [-0.4, -0.2) is 54.8 Å². The van der Waals surface area contributed by atoms with Crippen LogP contribution in [0.4, 0.5) is 11.4 Å². The number of rotatable bonds is 4. The molecule has 0 saturated carbocycles. The molecule has 2 N–H and O–H groups in total. The summed E-state index contributed by atoms with van der Waals surface area (Å²) in [5.41, 5.74) is 2.89. The van der Waals surface area contributed by atoms with E-state index in [4.69, 9.17) is 13.9 Å². The van der Waals surface area contributed by atoms with E-state index in [0.717, 1.165) is 29.4 Å². The number of hydrogen-bond acceptors (Lipinski definition) is 7. The second-order valence-electron chi connectivity index (χ2n) is 7.50. The first-order valence-electron chi connectivity index (χ1n) is 9.87. The van der Waals surface area contributed by atoms with Crippen molar-refractivity contribution in [1.82, 2.24) is 9.88 Å². The van der Waals surface area contributed by atoms with E-state index >= 15 is 0 Å². The van der Waals surface area contributed by atoms with Crippen LogP contribution in [0.5, 0.6) is 11.5 Å². The third-order valence-corrected chi connectivity index (χ3v) is 5.53. The molecule has 2 aliphatic heterocycles. The number of anilines is 2. The SMILES string of the molecule is C[C@@H]1CN(C(=O)CNc2ccc3[nH]c(=O)oc3c2)CCN1c1ccc2c(c1)OCO2. The van der Waals surface area contributed by atoms with E-state index in [1.54, 1.807) is 18.2 Å². The molecule has 5 rings (SSSR count). The van der Waals surface area contributed by atoms with E-state index < -0.39 is 5.76 Å². The van der Waals surface area contributed by atoms with Crippen molar-refractivity contribution >= 4 is 28.4 Å². The fourth-order valence-corrected chi connectivity index (χ4v) is 3.98. The van der Waals surface area contributed by atoms with E-state index in [0.29, 0.717) is 24.2 Å². The Balaban J connectivity index is 1.19. The molecule has 9 heteroatoms. The molecule has 0 spiro atoms. The van der Waals surface area contributed by atoms with Gasteiger partial charge in [-0.05, 0) is 31.2 Å². The number of oxazole rings is 1. The predicted octanol–water partition coefficient (Wildman–Crippen LogP) is 2.00. The molecule has 1 saturated heterocycles. The maximum Gasteiger partial charge on any atom is 0.417 e. The van der Waals surface area contributed by atoms with Gasteiger partial charge in [0.25, 0.3) is 0 Å². The molecule has 1 atom stereocenters. The molecule has 9 nitrogen and oxygen atoms in total. The van der Waals surface area contributed by atoms with E-state index in [1.165, 1.54) is 0 Å². The first kappa shape index (κ1) is 18.4. The van der Waals surface area contributed by atoms with Crippen molar-refractivity contribution in [2.45, 2.75) is 13.0 Å². The van der Waals surface area contributed by atoms with Crippen LogP contribution in [0.15, 0.2) is 45.6 Å². The van der Waals surface area contributed by atoms with Gasteiger partial charge in [-0.15, -0.1) is 0 Å². The van der Waals surface area contributed by atoms with Gasteiger partial charge in [-0.2, -0.15) is 0 Å². The molecule has 3 aromatic rings. The number of fused-ring (bicyclic) bond motifs is 2. The highest BCUT2D eigenvalue weighted by molar-refractivity contribution is 5.83. The summed E-state index contributed by atoms with van der Waals surface area (Å²) in [5, 5.41) is 3.12. The van der Waals surface area contributed by atoms with E-state index in [-0.39, 0.29) is 25.3 Å². The van der Waals surface area contributed by atoms with Gasteiger partial charge >= 0.3 is 5.76 Å². The Bertz CT molecular complexity index is 1150. The van der Waals surface area contributed by atoms with Crippen molar-refractivity contribution in [3.8, 4) is 11.5 Å². The van der Waals surface area contributed by atoms with Crippen LogP contribution in [0, 0.1) is 0 Å². The molecule has 0 bridgehead atoms. The fraction of sp³-hybridized carbons (Fsp3) is 0.333. The number of amides is 1. The van der Waals surface area contributed by atoms with Crippen LogP contribution in [0.25, 0.3) is 11.1 Å². The van der Waals surface area contributed by atoms with Gasteiger partial charge in [0.15, 0.2) is 17.1 Å². The Kier molecular flexibility index (Phi) is 4.50. The summed E-state index contributed by atoms with van der Waals surface area (Å²) in [6, 6.07) is 11.4. The lowest BCUT2D eigenvalue weighted by Crippen LogP contribution is -2.54. The molecule has 3 heterocycles. The van der Waals surface area contributed by atoms with Crippen molar-refractivity contribution in [3.63, 3.8) is 0 Å². The molecule has 156 valence electrons. The molecule has 0 unspecified atom stereocenters. The lowest BCUT2D eigenvalue weighted by Gasteiger charge is -2.41. The topological polar surface area (TPSA) is 100 Å². The first-order chi connectivity index (χ1) is 14.6. The average molecular weight is 410 g/mol. The largest absolute Gasteiger partial charge is 0.454 e. The van der Waals surface area contributed by atoms with Gasteiger partial charge in [0, 0.05) is 49.2 Å². The highest BCUT2D eigenvalue weighted by Gasteiger charge is 2.27. The molecule has 1 amide bonds. The maximum absolute atomic E-state index is 12.7. The standard InChI is InChI=1S/C21H22N4O5/c1-13-11-24(6-7-25(13)15-3-5-17-19(9-15)29-12-28-17)20(26)10-22-14-2-4-16-18(8-14)30-21(27)23-16/h2-5,8-9,13,22H,6-7,10-12H2,1H3,(H,23,27)/t13-/m1/s1. The summed E-state index contributed by atoms with van der Waals surface area (Å²) < 4.78 is 15.9. The van der Waals surface area contributed by atoms with Crippen molar-refractivity contribution in [2.24, 2.45) is 0 Å². The fourth-order valence-electron chi connectivity index (χ4n) is 3.98. The van der Waals surface area contributed by atoms with Gasteiger partial charge in [0.2, 0.25) is 12.7 Å². The highest BCUT2D eigenvalue weighted by Crippen LogP contribution is 2.36. The van der Waals surface area contributed by atoms with Crippen LogP contribution in [0.3, 0.4) is 0 Å². The first-order valence-corrected chi connectivity index (χ1v) is 9.87. The molecule has 2 aliphatic rings. The van der Waals surface area contributed by atoms with Crippen LogP contribution in [0.2, 0.25) is 0 Å². The number of aromatic amines is 1. The van der Waals surface area contributed by atoms with Crippen molar-refractivity contribution < 1.29 is 18.7 Å². The zero-order chi connectivity index (χ0) is 20.7. The Morgan fingerprint density at radius 1 is 1.17 bits per heavy atom. The molecule has 30 heavy (non-hydrogen) atoms. The molecular formula is C21H22N4O5. The number of piperazine rings is 1. The number of aromatic nitrogens is 1. The van der Waals surface area contributed by atoms with E-state index in [1.807, 2.05) is 23.1 Å². The van der Waals surface area contributed by atoms with Gasteiger partial charge in [0.05, 0.1) is 12.1 Å². The van der Waals surface area contributed by atoms with Crippen LogP contribution >= 0.6 is 0 Å². The van der Waals surface area contributed by atoms with Gasteiger partial charge in [-0.25, -0.2) is 4.79 Å². The Hall–Kier alpha value is -3.62. The van der Waals surface area contributed by atoms with E-state index in [9.17, 15) is 9.59 Å². The number of nitrogens with one attached hydrogen (secondary N) is 2. The Morgan fingerprint density at radius 2 is 2.03 bits per heavy atom. The number of ether oxygens (including phenoxy) is 2. The Labute approximate surface area is 172 Å². The zero-order valence-electron chi connectivity index (χ0n) is 16.5. The predicted molar refractivity (Wildman–Crippen MR) is 111 cm³/mol. The van der Waals surface area contributed by atoms with Gasteiger partial charge in [0.1, 0.15) is 0 Å². The monoisotopic (exact) mass is 410 g/mol. The van der Waals surface area contributed by atoms with Gasteiger partial charge in [-0.3, -0.25) is 9.78 Å². The highest BCUT2D eigenvalue weighted by atomic mass is 16.7. The second-order valence-corrected chi connectivity index (χ2v) is 7.50. The van der Waals surface area contributed by atoms with Crippen LogP contribution < -0.4 is 25.4 Å². The lowest BCUT2D eigenvalue weighted by atomic mass is 10.1. The summed E-state index contributed by atoms with van der Waals surface area (Å²) in [4.78, 5) is 30.7. The summed E-state index contributed by atoms with van der Waals surface area (Å²) in [6.45, 7) is 4.57. The number of hydrogen-bond donors (Lipinski definition) is 2. The van der Waals surface area contributed by atoms with Crippen molar-refractivity contribution in [1.29, 1.82) is 0 Å². The lowest BCUT2D eigenvalue weighted by molar-refractivity contribution is -0.130. The number of benzene rings is 2.